The van der Waals surface area contributed by atoms with E-state index in [1.54, 1.807) is 38.1 Å². The third kappa shape index (κ3) is 6.42. The molecule has 0 aliphatic rings. The summed E-state index contributed by atoms with van der Waals surface area (Å²) in [6, 6.07) is 27.5. The number of carboxylic acids is 2. The van der Waals surface area contributed by atoms with Gasteiger partial charge in [-0.05, 0) is 48.2 Å². The molecule has 0 radical (unpaired) electrons. The molecule has 0 amide bonds. The van der Waals surface area contributed by atoms with Crippen LogP contribution in [0.2, 0.25) is 0 Å². The van der Waals surface area contributed by atoms with Crippen LogP contribution in [0, 0.1) is 11.6 Å². The van der Waals surface area contributed by atoms with E-state index < -0.39 is 35.4 Å². The van der Waals surface area contributed by atoms with Crippen LogP contribution in [0.5, 0.6) is 0 Å². The first-order valence-corrected chi connectivity index (χ1v) is 11.3. The smallest absolute Gasteiger partial charge is 0.310 e. The summed E-state index contributed by atoms with van der Waals surface area (Å²) in [5.41, 5.74) is 3.47. The lowest BCUT2D eigenvalue weighted by Crippen LogP contribution is -2.07. The Kier molecular flexibility index (Phi) is 8.68. The summed E-state index contributed by atoms with van der Waals surface area (Å²) < 4.78 is 27.9. The van der Waals surface area contributed by atoms with Gasteiger partial charge >= 0.3 is 11.9 Å². The summed E-state index contributed by atoms with van der Waals surface area (Å²) in [4.78, 5) is 21.7. The molecule has 0 aliphatic carbocycles. The fourth-order valence-corrected chi connectivity index (χ4v) is 3.59. The standard InChI is InChI=1S/2C15H13FO2/c2*1-10(15(17)18)12-7-8-13(14(16)9-12)11-5-3-2-4-6-11/h2*2-10H,1H3,(H,17,18)/t2*10-/m10/s1. The molecule has 0 heterocycles. The number of carbonyl (C=O) groups is 2. The van der Waals surface area contributed by atoms with E-state index in [4.69, 9.17) is 10.2 Å². The van der Waals surface area contributed by atoms with Crippen LogP contribution in [0.1, 0.15) is 36.8 Å². The minimum absolute atomic E-state index is 0.396. The first-order valence-electron chi connectivity index (χ1n) is 11.3. The Morgan fingerprint density at radius 3 is 1.19 bits per heavy atom. The van der Waals surface area contributed by atoms with Gasteiger partial charge in [-0.2, -0.15) is 0 Å². The molecule has 2 atom stereocenters. The van der Waals surface area contributed by atoms with E-state index in [9.17, 15) is 18.4 Å². The topological polar surface area (TPSA) is 74.6 Å². The van der Waals surface area contributed by atoms with Crippen molar-refractivity contribution in [1.82, 2.24) is 0 Å². The van der Waals surface area contributed by atoms with E-state index in [1.807, 2.05) is 60.7 Å². The molecule has 0 unspecified atom stereocenters. The fourth-order valence-electron chi connectivity index (χ4n) is 3.59. The SMILES string of the molecule is C[C@@H](C(=O)O)c1ccc(-c2ccccc2)c(F)c1.C[C@H](C(=O)O)c1ccc(-c2ccccc2)c(F)c1. The Balaban J connectivity index is 0.000000201. The lowest BCUT2D eigenvalue weighted by Gasteiger charge is -2.09. The van der Waals surface area contributed by atoms with Crippen LogP contribution in [0.4, 0.5) is 8.78 Å². The van der Waals surface area contributed by atoms with Crippen molar-refractivity contribution in [3.05, 3.63) is 120 Å². The number of hydrogen-bond donors (Lipinski definition) is 2. The maximum atomic E-state index is 14.0. The average Bonchev–Trinajstić information content (AvgIpc) is 2.89. The zero-order valence-corrected chi connectivity index (χ0v) is 19.9. The Labute approximate surface area is 208 Å². The predicted octanol–water partition coefficient (Wildman–Crippen LogP) is 7.36. The maximum Gasteiger partial charge on any atom is 0.310 e. The summed E-state index contributed by atoms with van der Waals surface area (Å²) in [5, 5.41) is 17.8. The second kappa shape index (κ2) is 11.9. The third-order valence-corrected chi connectivity index (χ3v) is 5.90. The van der Waals surface area contributed by atoms with Gasteiger partial charge in [-0.15, -0.1) is 0 Å². The molecule has 0 aliphatic heterocycles. The number of carboxylic acid groups (broad SMARTS) is 2. The monoisotopic (exact) mass is 488 g/mol. The van der Waals surface area contributed by atoms with E-state index in [-0.39, 0.29) is 0 Å². The second-order valence-corrected chi connectivity index (χ2v) is 8.33. The molecule has 0 saturated carbocycles. The first kappa shape index (κ1) is 26.3. The minimum Gasteiger partial charge on any atom is -0.481 e. The highest BCUT2D eigenvalue weighted by atomic mass is 19.1. The molecule has 0 aromatic heterocycles. The van der Waals surface area contributed by atoms with Crippen molar-refractivity contribution in [2.24, 2.45) is 0 Å². The quantitative estimate of drug-likeness (QED) is 0.297. The number of rotatable bonds is 6. The zero-order chi connectivity index (χ0) is 26.2. The summed E-state index contributed by atoms with van der Waals surface area (Å²) in [5.74, 6) is -4.11. The van der Waals surface area contributed by atoms with Gasteiger partial charge in [0.05, 0.1) is 11.8 Å². The summed E-state index contributed by atoms with van der Waals surface area (Å²) in [6.45, 7) is 3.08. The highest BCUT2D eigenvalue weighted by Gasteiger charge is 2.17. The van der Waals surface area contributed by atoms with Crippen molar-refractivity contribution in [3.8, 4) is 22.3 Å². The summed E-state index contributed by atoms with van der Waals surface area (Å²) >= 11 is 0. The Morgan fingerprint density at radius 2 is 0.917 bits per heavy atom. The van der Waals surface area contributed by atoms with Gasteiger partial charge in [-0.25, -0.2) is 8.78 Å². The molecule has 0 bridgehead atoms. The van der Waals surface area contributed by atoms with E-state index in [1.165, 1.54) is 12.1 Å². The van der Waals surface area contributed by atoms with Crippen molar-refractivity contribution in [2.45, 2.75) is 25.7 Å². The van der Waals surface area contributed by atoms with Crippen molar-refractivity contribution in [3.63, 3.8) is 0 Å². The van der Waals surface area contributed by atoms with Crippen LogP contribution in [0.3, 0.4) is 0 Å². The molecule has 36 heavy (non-hydrogen) atoms. The molecule has 184 valence electrons. The summed E-state index contributed by atoms with van der Waals surface area (Å²) in [7, 11) is 0. The molecule has 0 fully saturated rings. The minimum atomic E-state index is -0.957. The Bertz CT molecular complexity index is 1230. The van der Waals surface area contributed by atoms with Gasteiger partial charge in [0, 0.05) is 11.1 Å². The average molecular weight is 489 g/mol. The molecule has 0 spiro atoms. The highest BCUT2D eigenvalue weighted by molar-refractivity contribution is 5.77. The Morgan fingerprint density at radius 1 is 0.583 bits per heavy atom. The van der Waals surface area contributed by atoms with Gasteiger partial charge in [-0.3, -0.25) is 9.59 Å². The lowest BCUT2D eigenvalue weighted by molar-refractivity contribution is -0.139. The van der Waals surface area contributed by atoms with Crippen molar-refractivity contribution >= 4 is 11.9 Å². The number of hydrogen-bond acceptors (Lipinski definition) is 2. The first-order chi connectivity index (χ1) is 17.2. The number of aliphatic carboxylic acids is 2. The number of halogens is 2. The molecule has 4 aromatic carbocycles. The molecule has 2 N–H and O–H groups in total. The van der Waals surface area contributed by atoms with E-state index >= 15 is 0 Å². The number of benzene rings is 4. The van der Waals surface area contributed by atoms with Gasteiger partial charge < -0.3 is 10.2 Å². The van der Waals surface area contributed by atoms with Gasteiger partial charge in [0.15, 0.2) is 0 Å². The second-order valence-electron chi connectivity index (χ2n) is 8.33. The fraction of sp³-hybridized carbons (Fsp3) is 0.133. The van der Waals surface area contributed by atoms with Crippen molar-refractivity contribution < 1.29 is 28.6 Å². The molecule has 0 saturated heterocycles. The van der Waals surface area contributed by atoms with Crippen LogP contribution in [0.15, 0.2) is 97.1 Å². The van der Waals surface area contributed by atoms with E-state index in [0.29, 0.717) is 22.3 Å². The van der Waals surface area contributed by atoms with Crippen LogP contribution in [0.25, 0.3) is 22.3 Å². The largest absolute Gasteiger partial charge is 0.481 e. The van der Waals surface area contributed by atoms with Crippen molar-refractivity contribution in [1.29, 1.82) is 0 Å². The summed E-state index contributed by atoms with van der Waals surface area (Å²) in [6.07, 6.45) is 0. The molecule has 6 heteroatoms. The van der Waals surface area contributed by atoms with Crippen LogP contribution in [-0.4, -0.2) is 22.2 Å². The van der Waals surface area contributed by atoms with Gasteiger partial charge in [0.1, 0.15) is 11.6 Å². The maximum absolute atomic E-state index is 14.0. The lowest BCUT2D eigenvalue weighted by atomic mass is 9.97. The van der Waals surface area contributed by atoms with Crippen LogP contribution < -0.4 is 0 Å². The zero-order valence-electron chi connectivity index (χ0n) is 19.9. The predicted molar refractivity (Wildman–Crippen MR) is 136 cm³/mol. The van der Waals surface area contributed by atoms with Gasteiger partial charge in [0.2, 0.25) is 0 Å². The van der Waals surface area contributed by atoms with Crippen LogP contribution in [-0.2, 0) is 9.59 Å². The van der Waals surface area contributed by atoms with E-state index in [2.05, 4.69) is 0 Å². The van der Waals surface area contributed by atoms with Crippen molar-refractivity contribution in [2.75, 3.05) is 0 Å². The van der Waals surface area contributed by atoms with Crippen LogP contribution >= 0.6 is 0 Å². The molecular weight excluding hydrogens is 462 g/mol. The molecular formula is C30H26F2O4. The van der Waals surface area contributed by atoms with Gasteiger partial charge in [0.25, 0.3) is 0 Å². The highest BCUT2D eigenvalue weighted by Crippen LogP contribution is 2.27. The molecule has 4 rings (SSSR count). The molecule has 4 nitrogen and oxygen atoms in total. The van der Waals surface area contributed by atoms with E-state index in [0.717, 1.165) is 11.1 Å². The normalized spacial score (nSPS) is 12.1. The van der Waals surface area contributed by atoms with Gasteiger partial charge in [-0.1, -0.05) is 84.9 Å². The Hall–Kier alpha value is -4.32. The molecule has 4 aromatic rings. The third-order valence-electron chi connectivity index (χ3n) is 5.90.